The summed E-state index contributed by atoms with van der Waals surface area (Å²) in [6.45, 7) is 6.41. The molecule has 0 aliphatic carbocycles. The van der Waals surface area contributed by atoms with Gasteiger partial charge in [-0.3, -0.25) is 19.0 Å². The lowest BCUT2D eigenvalue weighted by molar-refractivity contribution is -0.132. The van der Waals surface area contributed by atoms with E-state index in [1.807, 2.05) is 18.5 Å². The molecule has 8 nitrogen and oxygen atoms in total. The largest absolute Gasteiger partial charge is 0.345 e. The first-order chi connectivity index (χ1) is 11.1. The van der Waals surface area contributed by atoms with Gasteiger partial charge in [0.15, 0.2) is 0 Å². The van der Waals surface area contributed by atoms with E-state index >= 15 is 0 Å². The number of amides is 2. The molecule has 0 spiro atoms. The van der Waals surface area contributed by atoms with Gasteiger partial charge in [0.2, 0.25) is 11.8 Å². The van der Waals surface area contributed by atoms with Gasteiger partial charge in [0.1, 0.15) is 17.6 Å². The van der Waals surface area contributed by atoms with Crippen molar-refractivity contribution in [2.75, 3.05) is 19.6 Å². The van der Waals surface area contributed by atoms with Gasteiger partial charge in [0, 0.05) is 19.6 Å². The van der Waals surface area contributed by atoms with Gasteiger partial charge >= 0.3 is 0 Å². The Labute approximate surface area is 134 Å². The quantitative estimate of drug-likeness (QED) is 0.859. The summed E-state index contributed by atoms with van der Waals surface area (Å²) in [5.74, 6) is -0.234. The molecule has 0 atom stereocenters. The van der Waals surface area contributed by atoms with E-state index in [9.17, 15) is 9.59 Å². The van der Waals surface area contributed by atoms with Crippen LogP contribution in [0.1, 0.15) is 25.5 Å². The lowest BCUT2D eigenvalue weighted by Gasteiger charge is -2.15. The highest BCUT2D eigenvalue weighted by molar-refractivity contribution is 5.86. The second-order valence-electron chi connectivity index (χ2n) is 5.80. The molecule has 1 fully saturated rings. The van der Waals surface area contributed by atoms with Crippen molar-refractivity contribution >= 4 is 22.8 Å². The van der Waals surface area contributed by atoms with Crippen molar-refractivity contribution in [2.24, 2.45) is 0 Å². The fraction of sp³-hybridized carbons (Fsp3) is 0.600. The number of nitrogens with zero attached hydrogens (tertiary/aromatic N) is 5. The topological polar surface area (TPSA) is 85.0 Å². The number of likely N-dealkylation sites (tertiary alicyclic amines) is 1. The standard InChI is InChI=1S/C15H22N6O2/c1-3-20-12-8-17-21(15(12)11(2)18-20)10-13(22)16-9-14(23)19-6-4-5-7-19/h8H,3-7,9-10H2,1-2H3,(H,16,22). The lowest BCUT2D eigenvalue weighted by atomic mass is 10.4. The number of nitrogens with one attached hydrogen (secondary N) is 1. The van der Waals surface area contributed by atoms with Crippen molar-refractivity contribution in [1.29, 1.82) is 0 Å². The summed E-state index contributed by atoms with van der Waals surface area (Å²) >= 11 is 0. The second-order valence-corrected chi connectivity index (χ2v) is 5.80. The van der Waals surface area contributed by atoms with Crippen molar-refractivity contribution in [3.8, 4) is 0 Å². The number of hydrogen-bond donors (Lipinski definition) is 1. The normalized spacial score (nSPS) is 14.6. The zero-order chi connectivity index (χ0) is 16.4. The fourth-order valence-corrected chi connectivity index (χ4v) is 3.02. The lowest BCUT2D eigenvalue weighted by Crippen LogP contribution is -2.39. The van der Waals surface area contributed by atoms with E-state index in [1.54, 1.807) is 15.8 Å². The Hall–Kier alpha value is -2.38. The molecule has 23 heavy (non-hydrogen) atoms. The highest BCUT2D eigenvalue weighted by atomic mass is 16.2. The van der Waals surface area contributed by atoms with Gasteiger partial charge in [0.25, 0.3) is 0 Å². The van der Waals surface area contributed by atoms with Gasteiger partial charge in [-0.25, -0.2) is 0 Å². The van der Waals surface area contributed by atoms with Crippen LogP contribution in [0, 0.1) is 6.92 Å². The molecule has 1 saturated heterocycles. The molecule has 1 aliphatic rings. The molecule has 0 unspecified atom stereocenters. The summed E-state index contributed by atoms with van der Waals surface area (Å²) < 4.78 is 3.50. The van der Waals surface area contributed by atoms with Gasteiger partial charge in [-0.1, -0.05) is 0 Å². The molecule has 0 radical (unpaired) electrons. The van der Waals surface area contributed by atoms with Crippen molar-refractivity contribution < 1.29 is 9.59 Å². The number of aryl methyl sites for hydroxylation is 2. The van der Waals surface area contributed by atoms with Gasteiger partial charge in [-0.05, 0) is 26.7 Å². The van der Waals surface area contributed by atoms with Crippen molar-refractivity contribution in [2.45, 2.75) is 39.8 Å². The molecule has 2 aromatic rings. The molecule has 1 N–H and O–H groups in total. The second kappa shape index (κ2) is 6.39. The zero-order valence-corrected chi connectivity index (χ0v) is 13.6. The van der Waals surface area contributed by atoms with Crippen LogP contribution in [-0.2, 0) is 22.7 Å². The molecule has 0 bridgehead atoms. The van der Waals surface area contributed by atoms with Gasteiger partial charge in [-0.2, -0.15) is 10.2 Å². The maximum absolute atomic E-state index is 12.1. The third-order valence-electron chi connectivity index (χ3n) is 4.20. The first-order valence-corrected chi connectivity index (χ1v) is 8.03. The molecule has 3 heterocycles. The summed E-state index contributed by atoms with van der Waals surface area (Å²) in [5, 5.41) is 11.4. The van der Waals surface area contributed by atoms with Crippen LogP contribution in [-0.4, -0.2) is 55.9 Å². The van der Waals surface area contributed by atoms with E-state index in [1.165, 1.54) is 0 Å². The molecule has 3 rings (SSSR count). The minimum Gasteiger partial charge on any atom is -0.345 e. The van der Waals surface area contributed by atoms with E-state index in [4.69, 9.17) is 0 Å². The third kappa shape index (κ3) is 3.06. The van der Waals surface area contributed by atoms with E-state index in [-0.39, 0.29) is 24.9 Å². The van der Waals surface area contributed by atoms with Crippen LogP contribution in [0.2, 0.25) is 0 Å². The summed E-state index contributed by atoms with van der Waals surface area (Å²) in [6, 6.07) is 0. The Morgan fingerprint density at radius 2 is 2.00 bits per heavy atom. The highest BCUT2D eigenvalue weighted by Gasteiger charge is 2.19. The molecule has 8 heteroatoms. The van der Waals surface area contributed by atoms with E-state index < -0.39 is 0 Å². The molecule has 2 amide bonds. The van der Waals surface area contributed by atoms with E-state index in [0.717, 1.165) is 49.2 Å². The predicted molar refractivity (Wildman–Crippen MR) is 84.8 cm³/mol. The Kier molecular flexibility index (Phi) is 4.31. The molecule has 2 aromatic heterocycles. The summed E-state index contributed by atoms with van der Waals surface area (Å²) in [5.41, 5.74) is 2.64. The predicted octanol–water partition coefficient (Wildman–Crippen LogP) is 0.300. The summed E-state index contributed by atoms with van der Waals surface area (Å²) in [6.07, 6.45) is 3.82. The van der Waals surface area contributed by atoms with Crippen LogP contribution in [0.15, 0.2) is 6.20 Å². The van der Waals surface area contributed by atoms with E-state index in [0.29, 0.717) is 0 Å². The number of carbonyl (C=O) groups is 2. The number of aromatic nitrogens is 4. The van der Waals surface area contributed by atoms with Crippen LogP contribution in [0.4, 0.5) is 0 Å². The highest BCUT2D eigenvalue weighted by Crippen LogP contribution is 2.17. The minimum atomic E-state index is -0.216. The Morgan fingerprint density at radius 3 is 2.70 bits per heavy atom. The molecular weight excluding hydrogens is 296 g/mol. The van der Waals surface area contributed by atoms with Gasteiger partial charge in [0.05, 0.1) is 18.4 Å². The first kappa shape index (κ1) is 15.5. The van der Waals surface area contributed by atoms with Crippen molar-refractivity contribution in [3.63, 3.8) is 0 Å². The summed E-state index contributed by atoms with van der Waals surface area (Å²) in [4.78, 5) is 25.8. The maximum atomic E-state index is 12.1. The average Bonchev–Trinajstić information content (AvgIpc) is 3.24. The zero-order valence-electron chi connectivity index (χ0n) is 13.6. The van der Waals surface area contributed by atoms with Crippen LogP contribution in [0.3, 0.4) is 0 Å². The van der Waals surface area contributed by atoms with Crippen LogP contribution in [0.25, 0.3) is 11.0 Å². The Bertz CT molecular complexity index is 726. The average molecular weight is 318 g/mol. The molecule has 1 aliphatic heterocycles. The van der Waals surface area contributed by atoms with Gasteiger partial charge < -0.3 is 10.2 Å². The molecule has 124 valence electrons. The number of carbonyl (C=O) groups excluding carboxylic acids is 2. The third-order valence-corrected chi connectivity index (χ3v) is 4.20. The van der Waals surface area contributed by atoms with Crippen LogP contribution < -0.4 is 5.32 Å². The van der Waals surface area contributed by atoms with Crippen molar-refractivity contribution in [3.05, 3.63) is 11.9 Å². The van der Waals surface area contributed by atoms with Crippen LogP contribution in [0.5, 0.6) is 0 Å². The van der Waals surface area contributed by atoms with E-state index in [2.05, 4.69) is 15.5 Å². The molecule has 0 aromatic carbocycles. The Balaban J connectivity index is 1.61. The number of hydrogen-bond acceptors (Lipinski definition) is 4. The number of rotatable bonds is 5. The van der Waals surface area contributed by atoms with Crippen molar-refractivity contribution in [1.82, 2.24) is 29.8 Å². The Morgan fingerprint density at radius 1 is 1.26 bits per heavy atom. The maximum Gasteiger partial charge on any atom is 0.242 e. The summed E-state index contributed by atoms with van der Waals surface area (Å²) in [7, 11) is 0. The molecule has 0 saturated carbocycles. The first-order valence-electron chi connectivity index (χ1n) is 8.03. The molecular formula is C15H22N6O2. The number of fused-ring (bicyclic) bond motifs is 1. The fourth-order valence-electron chi connectivity index (χ4n) is 3.02. The smallest absolute Gasteiger partial charge is 0.242 e. The van der Waals surface area contributed by atoms with Crippen LogP contribution >= 0.6 is 0 Å². The van der Waals surface area contributed by atoms with Gasteiger partial charge in [-0.15, -0.1) is 0 Å². The minimum absolute atomic E-state index is 0.0172. The monoisotopic (exact) mass is 318 g/mol. The SMILES string of the molecule is CCn1nc(C)c2c1cnn2CC(=O)NCC(=O)N1CCCC1.